The molecule has 15 heavy (non-hydrogen) atoms. The van der Waals surface area contributed by atoms with Crippen molar-refractivity contribution in [1.29, 1.82) is 0 Å². The summed E-state index contributed by atoms with van der Waals surface area (Å²) in [4.78, 5) is 2.16. The molecule has 0 saturated carbocycles. The lowest BCUT2D eigenvalue weighted by atomic mass is 9.97. The average molecular weight is 217 g/mol. The Hall–Kier alpha value is -0.160. The van der Waals surface area contributed by atoms with Gasteiger partial charge in [0.1, 0.15) is 0 Å². The first-order chi connectivity index (χ1) is 6.97. The van der Waals surface area contributed by atoms with E-state index in [-0.39, 0.29) is 0 Å². The van der Waals surface area contributed by atoms with E-state index in [4.69, 9.17) is 9.47 Å². The minimum Gasteiger partial charge on any atom is -0.389 e. The SMILES string of the molecule is CCCC(C)(O)CN1CC(OC)(OC)C1. The molecular weight excluding hydrogens is 194 g/mol. The van der Waals surface area contributed by atoms with E-state index < -0.39 is 11.4 Å². The van der Waals surface area contributed by atoms with Gasteiger partial charge in [0.05, 0.1) is 18.7 Å². The summed E-state index contributed by atoms with van der Waals surface area (Å²) in [6, 6.07) is 0. The third kappa shape index (κ3) is 3.14. The van der Waals surface area contributed by atoms with Crippen molar-refractivity contribution in [2.24, 2.45) is 0 Å². The van der Waals surface area contributed by atoms with Crippen LogP contribution in [-0.2, 0) is 9.47 Å². The van der Waals surface area contributed by atoms with E-state index in [1.807, 2.05) is 6.92 Å². The number of β-amino-alcohol motifs (C(OH)–C–C–N with tert-alkyl or cyclic N) is 1. The predicted octanol–water partition coefficient (Wildman–Crippen LogP) is 0.842. The summed E-state index contributed by atoms with van der Waals surface area (Å²) in [6.45, 7) is 6.13. The van der Waals surface area contributed by atoms with Crippen molar-refractivity contribution < 1.29 is 14.6 Å². The summed E-state index contributed by atoms with van der Waals surface area (Å²) in [7, 11) is 3.32. The number of hydrogen-bond acceptors (Lipinski definition) is 4. The van der Waals surface area contributed by atoms with Gasteiger partial charge in [-0.05, 0) is 13.3 Å². The minimum absolute atomic E-state index is 0.442. The van der Waals surface area contributed by atoms with Crippen LogP contribution >= 0.6 is 0 Å². The third-order valence-electron chi connectivity index (χ3n) is 3.03. The Bertz CT molecular complexity index is 194. The summed E-state index contributed by atoms with van der Waals surface area (Å²) in [6.07, 6.45) is 1.83. The fourth-order valence-electron chi connectivity index (χ4n) is 2.19. The van der Waals surface area contributed by atoms with Gasteiger partial charge in [0, 0.05) is 20.8 Å². The highest BCUT2D eigenvalue weighted by molar-refractivity contribution is 4.92. The number of rotatable bonds is 6. The molecular formula is C11H23NO3. The quantitative estimate of drug-likeness (QED) is 0.670. The van der Waals surface area contributed by atoms with Gasteiger partial charge in [-0.15, -0.1) is 0 Å². The highest BCUT2D eigenvalue weighted by atomic mass is 16.7. The van der Waals surface area contributed by atoms with E-state index in [0.29, 0.717) is 6.54 Å². The predicted molar refractivity (Wildman–Crippen MR) is 58.7 cm³/mol. The molecule has 0 aromatic rings. The number of ether oxygens (including phenoxy) is 2. The van der Waals surface area contributed by atoms with E-state index in [9.17, 15) is 5.11 Å². The summed E-state index contributed by atoms with van der Waals surface area (Å²) < 4.78 is 10.6. The lowest BCUT2D eigenvalue weighted by molar-refractivity contribution is -0.280. The zero-order valence-electron chi connectivity index (χ0n) is 10.2. The molecule has 1 saturated heterocycles. The van der Waals surface area contributed by atoms with Crippen LogP contribution in [0.4, 0.5) is 0 Å². The zero-order valence-corrected chi connectivity index (χ0v) is 10.2. The van der Waals surface area contributed by atoms with E-state index in [2.05, 4.69) is 11.8 Å². The van der Waals surface area contributed by atoms with Gasteiger partial charge in [-0.1, -0.05) is 13.3 Å². The van der Waals surface area contributed by atoms with Gasteiger partial charge in [0.2, 0.25) is 0 Å². The molecule has 1 unspecified atom stereocenters. The maximum Gasteiger partial charge on any atom is 0.193 e. The van der Waals surface area contributed by atoms with Crippen molar-refractivity contribution in [1.82, 2.24) is 4.90 Å². The summed E-state index contributed by atoms with van der Waals surface area (Å²) >= 11 is 0. The van der Waals surface area contributed by atoms with Crippen LogP contribution in [0.3, 0.4) is 0 Å². The van der Waals surface area contributed by atoms with Crippen molar-refractivity contribution in [2.45, 2.75) is 38.1 Å². The standard InChI is InChI=1S/C11H23NO3/c1-5-6-10(2,13)7-12-8-11(9-12,14-3)15-4/h13H,5-9H2,1-4H3. The van der Waals surface area contributed by atoms with Gasteiger partial charge in [0.25, 0.3) is 0 Å². The Kier molecular flexibility index (Phi) is 4.12. The van der Waals surface area contributed by atoms with Gasteiger partial charge in [-0.2, -0.15) is 0 Å². The van der Waals surface area contributed by atoms with Crippen LogP contribution in [-0.4, -0.2) is 55.2 Å². The van der Waals surface area contributed by atoms with E-state index in [0.717, 1.165) is 25.9 Å². The second kappa shape index (κ2) is 4.78. The van der Waals surface area contributed by atoms with Gasteiger partial charge in [-0.25, -0.2) is 0 Å². The molecule has 1 rings (SSSR count). The summed E-state index contributed by atoms with van der Waals surface area (Å²) in [5.41, 5.74) is -0.595. The Balaban J connectivity index is 2.33. The first kappa shape index (κ1) is 12.9. The monoisotopic (exact) mass is 217 g/mol. The minimum atomic E-state index is -0.595. The molecule has 0 radical (unpaired) electrons. The molecule has 1 aliphatic heterocycles. The molecule has 1 atom stereocenters. The number of likely N-dealkylation sites (tertiary alicyclic amines) is 1. The second-order valence-corrected chi connectivity index (χ2v) is 4.71. The highest BCUT2D eigenvalue weighted by Crippen LogP contribution is 2.27. The molecule has 0 aromatic carbocycles. The average Bonchev–Trinajstić information content (AvgIpc) is 2.10. The first-order valence-corrected chi connectivity index (χ1v) is 5.52. The topological polar surface area (TPSA) is 41.9 Å². The van der Waals surface area contributed by atoms with Crippen molar-refractivity contribution >= 4 is 0 Å². The van der Waals surface area contributed by atoms with Crippen LogP contribution in [0.2, 0.25) is 0 Å². The van der Waals surface area contributed by atoms with Crippen molar-refractivity contribution in [2.75, 3.05) is 33.9 Å². The van der Waals surface area contributed by atoms with Crippen molar-refractivity contribution in [3.63, 3.8) is 0 Å². The number of nitrogens with zero attached hydrogens (tertiary/aromatic N) is 1. The van der Waals surface area contributed by atoms with Crippen LogP contribution in [0, 0.1) is 0 Å². The van der Waals surface area contributed by atoms with Crippen molar-refractivity contribution in [3.05, 3.63) is 0 Å². The molecule has 0 bridgehead atoms. The fraction of sp³-hybridized carbons (Fsp3) is 1.00. The number of methoxy groups -OCH3 is 2. The number of aliphatic hydroxyl groups is 1. The molecule has 1 fully saturated rings. The van der Waals surface area contributed by atoms with E-state index in [1.54, 1.807) is 14.2 Å². The van der Waals surface area contributed by atoms with Gasteiger partial charge >= 0.3 is 0 Å². The third-order valence-corrected chi connectivity index (χ3v) is 3.03. The van der Waals surface area contributed by atoms with Crippen LogP contribution in [0.1, 0.15) is 26.7 Å². The normalized spacial score (nSPS) is 24.6. The molecule has 1 aliphatic rings. The maximum atomic E-state index is 10.0. The lowest BCUT2D eigenvalue weighted by Crippen LogP contribution is -2.66. The smallest absolute Gasteiger partial charge is 0.193 e. The zero-order chi connectivity index (χ0) is 11.5. The molecule has 1 heterocycles. The number of hydrogen-bond donors (Lipinski definition) is 1. The molecule has 0 aliphatic carbocycles. The lowest BCUT2D eigenvalue weighted by Gasteiger charge is -2.49. The fourth-order valence-corrected chi connectivity index (χ4v) is 2.19. The summed E-state index contributed by atoms with van der Waals surface area (Å²) in [5.74, 6) is -0.442. The largest absolute Gasteiger partial charge is 0.389 e. The van der Waals surface area contributed by atoms with Gasteiger partial charge in [-0.3, -0.25) is 4.90 Å². The van der Waals surface area contributed by atoms with Gasteiger partial charge in [0.15, 0.2) is 5.79 Å². The van der Waals surface area contributed by atoms with Gasteiger partial charge < -0.3 is 14.6 Å². The van der Waals surface area contributed by atoms with Crippen LogP contribution in [0.5, 0.6) is 0 Å². The van der Waals surface area contributed by atoms with Crippen LogP contribution in [0.15, 0.2) is 0 Å². The first-order valence-electron chi connectivity index (χ1n) is 5.52. The van der Waals surface area contributed by atoms with Crippen LogP contribution in [0.25, 0.3) is 0 Å². The molecule has 1 N–H and O–H groups in total. The maximum absolute atomic E-state index is 10.0. The Morgan fingerprint density at radius 1 is 1.33 bits per heavy atom. The van der Waals surface area contributed by atoms with Crippen LogP contribution < -0.4 is 0 Å². The molecule has 0 spiro atoms. The van der Waals surface area contributed by atoms with E-state index in [1.165, 1.54) is 0 Å². The Morgan fingerprint density at radius 3 is 2.27 bits per heavy atom. The molecule has 4 nitrogen and oxygen atoms in total. The van der Waals surface area contributed by atoms with E-state index >= 15 is 0 Å². The highest BCUT2D eigenvalue weighted by Gasteiger charge is 2.45. The molecule has 4 heteroatoms. The molecule has 90 valence electrons. The molecule has 0 aromatic heterocycles. The second-order valence-electron chi connectivity index (χ2n) is 4.71. The molecule has 0 amide bonds. The Labute approximate surface area is 92.2 Å². The Morgan fingerprint density at radius 2 is 1.87 bits per heavy atom. The summed E-state index contributed by atoms with van der Waals surface area (Å²) in [5, 5.41) is 10.0. The van der Waals surface area contributed by atoms with Crippen molar-refractivity contribution in [3.8, 4) is 0 Å².